The van der Waals surface area contributed by atoms with Crippen molar-refractivity contribution in [3.63, 3.8) is 0 Å². The summed E-state index contributed by atoms with van der Waals surface area (Å²) in [7, 11) is -4.09. The summed E-state index contributed by atoms with van der Waals surface area (Å²) in [5.74, 6) is -1.68. The quantitative estimate of drug-likeness (QED) is 0.572. The number of amides is 1. The van der Waals surface area contributed by atoms with E-state index in [0.717, 1.165) is 28.6 Å². The number of hydrogen-bond donors (Lipinski definition) is 1. The van der Waals surface area contributed by atoms with Crippen LogP contribution in [0.2, 0.25) is 0 Å². The van der Waals surface area contributed by atoms with Gasteiger partial charge in [-0.25, -0.2) is 12.8 Å². The molecule has 27 heavy (non-hydrogen) atoms. The zero-order chi connectivity index (χ0) is 20.2. The number of nitrogens with one attached hydrogen (secondary N) is 1. The average Bonchev–Trinajstić information content (AvgIpc) is 2.62. The first-order valence-corrected chi connectivity index (χ1v) is 9.50. The van der Waals surface area contributed by atoms with E-state index in [0.29, 0.717) is 0 Å². The van der Waals surface area contributed by atoms with Crippen molar-refractivity contribution in [1.82, 2.24) is 4.31 Å². The van der Waals surface area contributed by atoms with Crippen molar-refractivity contribution in [3.8, 4) is 0 Å². The van der Waals surface area contributed by atoms with E-state index >= 15 is 0 Å². The Labute approximate surface area is 155 Å². The molecule has 0 aliphatic rings. The Morgan fingerprint density at radius 3 is 2.44 bits per heavy atom. The number of nitro benzene ring substituents is 1. The second kappa shape index (κ2) is 8.23. The van der Waals surface area contributed by atoms with Crippen LogP contribution in [0, 0.1) is 15.9 Å². The molecule has 1 N–H and O–H groups in total. The van der Waals surface area contributed by atoms with E-state index in [9.17, 15) is 27.7 Å². The highest BCUT2D eigenvalue weighted by Crippen LogP contribution is 2.22. The Balaban J connectivity index is 2.36. The fourth-order valence-electron chi connectivity index (χ4n) is 2.45. The van der Waals surface area contributed by atoms with Crippen molar-refractivity contribution in [2.24, 2.45) is 0 Å². The van der Waals surface area contributed by atoms with E-state index in [1.165, 1.54) is 18.2 Å². The van der Waals surface area contributed by atoms with Crippen molar-refractivity contribution in [3.05, 3.63) is 64.0 Å². The predicted octanol–water partition coefficient (Wildman–Crippen LogP) is 3.02. The average molecular weight is 395 g/mol. The topological polar surface area (TPSA) is 110 Å². The molecule has 1 amide bonds. The van der Waals surface area contributed by atoms with Crippen molar-refractivity contribution < 1.29 is 22.5 Å². The van der Waals surface area contributed by atoms with Gasteiger partial charge in [-0.1, -0.05) is 19.9 Å². The zero-order valence-electron chi connectivity index (χ0n) is 14.7. The molecule has 0 heterocycles. The Kier molecular flexibility index (Phi) is 6.24. The number of carbonyl (C=O) groups is 1. The Bertz CT molecular complexity index is 974. The molecule has 10 heteroatoms. The third-order valence-electron chi connectivity index (χ3n) is 3.83. The fourth-order valence-corrected chi connectivity index (χ4v) is 3.99. The summed E-state index contributed by atoms with van der Waals surface area (Å²) in [6.07, 6.45) is 0. The van der Waals surface area contributed by atoms with Gasteiger partial charge in [-0.05, 0) is 24.3 Å². The van der Waals surface area contributed by atoms with Gasteiger partial charge in [0.05, 0.1) is 4.92 Å². The van der Waals surface area contributed by atoms with Crippen molar-refractivity contribution >= 4 is 27.3 Å². The molecular formula is C17H18FN3O5S. The summed E-state index contributed by atoms with van der Waals surface area (Å²) in [5.41, 5.74) is -0.142. The maximum absolute atomic E-state index is 14.1. The SMILES string of the molecule is CCN(CC)S(=O)(=O)c1cc(C(=O)Nc2cccc([N+](=O)[O-])c2)ccc1F. The van der Waals surface area contributed by atoms with E-state index < -0.39 is 31.6 Å². The molecule has 0 spiro atoms. The molecule has 0 atom stereocenters. The standard InChI is InChI=1S/C17H18FN3O5S/c1-3-20(4-2)27(25,26)16-10-12(8-9-15(16)18)17(22)19-13-6-5-7-14(11-13)21(23)24/h5-11H,3-4H2,1-2H3,(H,19,22). The van der Waals surface area contributed by atoms with Crippen LogP contribution in [0.1, 0.15) is 24.2 Å². The molecule has 0 saturated heterocycles. The van der Waals surface area contributed by atoms with E-state index in [1.807, 2.05) is 0 Å². The molecule has 0 unspecified atom stereocenters. The highest BCUT2D eigenvalue weighted by atomic mass is 32.2. The van der Waals surface area contributed by atoms with Crippen LogP contribution in [0.25, 0.3) is 0 Å². The van der Waals surface area contributed by atoms with Gasteiger partial charge in [0, 0.05) is 36.5 Å². The summed E-state index contributed by atoms with van der Waals surface area (Å²) < 4.78 is 40.3. The first-order valence-electron chi connectivity index (χ1n) is 8.06. The smallest absolute Gasteiger partial charge is 0.271 e. The van der Waals surface area contributed by atoms with Crippen LogP contribution in [0.5, 0.6) is 0 Å². The summed E-state index contributed by atoms with van der Waals surface area (Å²) in [4.78, 5) is 22.0. The lowest BCUT2D eigenvalue weighted by Crippen LogP contribution is -2.31. The van der Waals surface area contributed by atoms with E-state index in [1.54, 1.807) is 13.8 Å². The van der Waals surface area contributed by atoms with Crippen LogP contribution in [0.4, 0.5) is 15.8 Å². The van der Waals surface area contributed by atoms with Crippen molar-refractivity contribution in [2.75, 3.05) is 18.4 Å². The molecule has 2 rings (SSSR count). The number of halogens is 1. The number of non-ortho nitro benzene ring substituents is 1. The monoisotopic (exact) mass is 395 g/mol. The summed E-state index contributed by atoms with van der Waals surface area (Å²) in [6.45, 7) is 3.56. The van der Waals surface area contributed by atoms with Gasteiger partial charge in [-0.2, -0.15) is 4.31 Å². The number of anilines is 1. The van der Waals surface area contributed by atoms with Crippen LogP contribution in [-0.4, -0.2) is 36.6 Å². The maximum atomic E-state index is 14.1. The third kappa shape index (κ3) is 4.47. The normalized spacial score (nSPS) is 11.4. The van der Waals surface area contributed by atoms with Crippen molar-refractivity contribution in [1.29, 1.82) is 0 Å². The molecule has 0 bridgehead atoms. The summed E-state index contributed by atoms with van der Waals surface area (Å²) in [5, 5.41) is 13.2. The summed E-state index contributed by atoms with van der Waals surface area (Å²) in [6, 6.07) is 8.27. The van der Waals surface area contributed by atoms with Crippen LogP contribution < -0.4 is 5.32 Å². The number of sulfonamides is 1. The second-order valence-electron chi connectivity index (χ2n) is 5.50. The maximum Gasteiger partial charge on any atom is 0.271 e. The molecular weight excluding hydrogens is 377 g/mol. The van der Waals surface area contributed by atoms with Gasteiger partial charge in [0.2, 0.25) is 10.0 Å². The lowest BCUT2D eigenvalue weighted by Gasteiger charge is -2.19. The molecule has 0 aliphatic heterocycles. The van der Waals surface area contributed by atoms with Gasteiger partial charge in [-0.15, -0.1) is 0 Å². The molecule has 0 aliphatic carbocycles. The number of rotatable bonds is 7. The highest BCUT2D eigenvalue weighted by molar-refractivity contribution is 7.89. The number of nitro groups is 1. The van der Waals surface area contributed by atoms with Gasteiger partial charge >= 0.3 is 0 Å². The lowest BCUT2D eigenvalue weighted by molar-refractivity contribution is -0.384. The van der Waals surface area contributed by atoms with Gasteiger partial charge in [0.15, 0.2) is 0 Å². The first kappa shape index (κ1) is 20.5. The number of nitrogens with zero attached hydrogens (tertiary/aromatic N) is 2. The van der Waals surface area contributed by atoms with Gasteiger partial charge in [0.25, 0.3) is 11.6 Å². The Morgan fingerprint density at radius 2 is 1.85 bits per heavy atom. The van der Waals surface area contributed by atoms with Crippen LogP contribution in [0.3, 0.4) is 0 Å². The molecule has 0 radical (unpaired) electrons. The van der Waals surface area contributed by atoms with Crippen molar-refractivity contribution in [2.45, 2.75) is 18.7 Å². The third-order valence-corrected chi connectivity index (χ3v) is 5.90. The van der Waals surface area contributed by atoms with Gasteiger partial charge in [0.1, 0.15) is 10.7 Å². The Morgan fingerprint density at radius 1 is 1.19 bits per heavy atom. The van der Waals surface area contributed by atoms with Gasteiger partial charge in [-0.3, -0.25) is 14.9 Å². The predicted molar refractivity (Wildman–Crippen MR) is 97.6 cm³/mol. The van der Waals surface area contributed by atoms with Crippen LogP contribution in [-0.2, 0) is 10.0 Å². The number of carbonyl (C=O) groups excluding carboxylic acids is 1. The molecule has 144 valence electrons. The molecule has 8 nitrogen and oxygen atoms in total. The van der Waals surface area contributed by atoms with E-state index in [4.69, 9.17) is 0 Å². The minimum atomic E-state index is -4.09. The van der Waals surface area contributed by atoms with Crippen LogP contribution in [0.15, 0.2) is 47.4 Å². The number of hydrogen-bond acceptors (Lipinski definition) is 5. The fraction of sp³-hybridized carbons (Fsp3) is 0.235. The summed E-state index contributed by atoms with van der Waals surface area (Å²) >= 11 is 0. The zero-order valence-corrected chi connectivity index (χ0v) is 15.5. The van der Waals surface area contributed by atoms with Crippen LogP contribution >= 0.6 is 0 Å². The minimum absolute atomic E-state index is 0.0892. The molecule has 2 aromatic rings. The van der Waals surface area contributed by atoms with E-state index in [-0.39, 0.29) is 30.0 Å². The lowest BCUT2D eigenvalue weighted by atomic mass is 10.2. The molecule has 2 aromatic carbocycles. The molecule has 0 aromatic heterocycles. The Hall–Kier alpha value is -2.85. The first-order chi connectivity index (χ1) is 12.7. The molecule has 0 fully saturated rings. The number of benzene rings is 2. The van der Waals surface area contributed by atoms with Gasteiger partial charge < -0.3 is 5.32 Å². The minimum Gasteiger partial charge on any atom is -0.322 e. The largest absolute Gasteiger partial charge is 0.322 e. The highest BCUT2D eigenvalue weighted by Gasteiger charge is 2.26. The molecule has 0 saturated carbocycles. The second-order valence-corrected chi connectivity index (χ2v) is 7.40. The van der Waals surface area contributed by atoms with E-state index in [2.05, 4.69) is 5.32 Å².